The zero-order chi connectivity index (χ0) is 14.9. The Labute approximate surface area is 127 Å². The lowest BCUT2D eigenvalue weighted by atomic mass is 10.0. The minimum absolute atomic E-state index is 0.285. The molecule has 0 fully saturated rings. The smallest absolute Gasteiger partial charge is 0.133 e. The fourth-order valence-corrected chi connectivity index (χ4v) is 2.82. The summed E-state index contributed by atoms with van der Waals surface area (Å²) in [5.41, 5.74) is 0.202. The third kappa shape index (κ3) is 2.94. The van der Waals surface area contributed by atoms with Crippen LogP contribution in [0.4, 0.5) is 13.2 Å². The Kier molecular flexibility index (Phi) is 4.60. The average molecular weight is 366 g/mol. The van der Waals surface area contributed by atoms with Gasteiger partial charge < -0.3 is 4.74 Å². The molecule has 6 heteroatoms. The van der Waals surface area contributed by atoms with E-state index >= 15 is 0 Å². The summed E-state index contributed by atoms with van der Waals surface area (Å²) in [7, 11) is 1.42. The summed E-state index contributed by atoms with van der Waals surface area (Å²) in [5.74, 6) is -2.53. The summed E-state index contributed by atoms with van der Waals surface area (Å²) in [6.07, 6.45) is 0. The van der Waals surface area contributed by atoms with Crippen molar-refractivity contribution in [1.29, 1.82) is 0 Å². The topological polar surface area (TPSA) is 9.23 Å². The van der Waals surface area contributed by atoms with E-state index < -0.39 is 22.3 Å². The molecular formula is C14H9BrClF3O. The number of rotatable bonds is 3. The summed E-state index contributed by atoms with van der Waals surface area (Å²) in [4.78, 5) is -0.824. The standard InChI is InChI=1S/C14H9BrClF3O/c1-20-12-4-7(16)2-3-9(12)14(15)13-10(18)5-8(17)6-11(13)19/h2-6,14H,1H3. The van der Waals surface area contributed by atoms with Crippen LogP contribution in [0.5, 0.6) is 5.75 Å². The molecule has 0 spiro atoms. The Hall–Kier alpha value is -1.20. The van der Waals surface area contributed by atoms with Crippen LogP contribution in [0.1, 0.15) is 16.0 Å². The molecule has 0 heterocycles. The second-order valence-electron chi connectivity index (χ2n) is 4.03. The summed E-state index contributed by atoms with van der Waals surface area (Å²) in [5, 5.41) is 0.436. The fraction of sp³-hybridized carbons (Fsp3) is 0.143. The van der Waals surface area contributed by atoms with Gasteiger partial charge in [0.05, 0.1) is 11.9 Å². The number of hydrogen-bond donors (Lipinski definition) is 0. The van der Waals surface area contributed by atoms with E-state index in [0.717, 1.165) is 0 Å². The van der Waals surface area contributed by atoms with Crippen LogP contribution in [0, 0.1) is 17.5 Å². The molecular weight excluding hydrogens is 357 g/mol. The van der Waals surface area contributed by atoms with Gasteiger partial charge in [-0.15, -0.1) is 0 Å². The zero-order valence-electron chi connectivity index (χ0n) is 10.3. The molecule has 1 unspecified atom stereocenters. The molecule has 0 aromatic heterocycles. The molecule has 0 radical (unpaired) electrons. The van der Waals surface area contributed by atoms with Gasteiger partial charge in [-0.3, -0.25) is 0 Å². The Morgan fingerprint density at radius 2 is 1.70 bits per heavy atom. The van der Waals surface area contributed by atoms with E-state index in [1.165, 1.54) is 13.2 Å². The normalized spacial score (nSPS) is 12.3. The highest BCUT2D eigenvalue weighted by atomic mass is 79.9. The second kappa shape index (κ2) is 6.06. The van der Waals surface area contributed by atoms with Gasteiger partial charge >= 0.3 is 0 Å². The lowest BCUT2D eigenvalue weighted by molar-refractivity contribution is 0.410. The van der Waals surface area contributed by atoms with E-state index in [9.17, 15) is 13.2 Å². The highest BCUT2D eigenvalue weighted by Gasteiger charge is 2.23. The molecule has 1 nitrogen and oxygen atoms in total. The Morgan fingerprint density at radius 3 is 2.25 bits per heavy atom. The quantitative estimate of drug-likeness (QED) is 0.675. The molecule has 1 atom stereocenters. The molecule has 2 aromatic rings. The van der Waals surface area contributed by atoms with E-state index in [4.69, 9.17) is 16.3 Å². The van der Waals surface area contributed by atoms with Crippen LogP contribution in [0.2, 0.25) is 5.02 Å². The molecule has 0 aliphatic rings. The molecule has 2 rings (SSSR count). The van der Waals surface area contributed by atoms with Gasteiger partial charge in [0.25, 0.3) is 0 Å². The van der Waals surface area contributed by atoms with Crippen molar-refractivity contribution in [2.24, 2.45) is 0 Å². The highest BCUT2D eigenvalue weighted by Crippen LogP contribution is 2.40. The molecule has 0 amide bonds. The third-order valence-electron chi connectivity index (χ3n) is 2.77. The van der Waals surface area contributed by atoms with Crippen LogP contribution in [0.15, 0.2) is 30.3 Å². The maximum atomic E-state index is 13.8. The number of methoxy groups -OCH3 is 1. The number of benzene rings is 2. The average Bonchev–Trinajstić information content (AvgIpc) is 2.37. The first kappa shape index (κ1) is 15.2. The molecule has 0 aliphatic carbocycles. The summed E-state index contributed by atoms with van der Waals surface area (Å²) in [6, 6.07) is 5.96. The van der Waals surface area contributed by atoms with Crippen molar-refractivity contribution < 1.29 is 17.9 Å². The van der Waals surface area contributed by atoms with Crippen LogP contribution in [-0.4, -0.2) is 7.11 Å². The van der Waals surface area contributed by atoms with Gasteiger partial charge in [-0.1, -0.05) is 33.6 Å². The largest absolute Gasteiger partial charge is 0.496 e. The lowest BCUT2D eigenvalue weighted by Crippen LogP contribution is -2.03. The summed E-state index contributed by atoms with van der Waals surface area (Å²) in [6.45, 7) is 0. The van der Waals surface area contributed by atoms with Gasteiger partial charge in [-0.05, 0) is 12.1 Å². The Balaban J connectivity index is 2.54. The second-order valence-corrected chi connectivity index (χ2v) is 5.38. The maximum absolute atomic E-state index is 13.8. The van der Waals surface area contributed by atoms with E-state index in [0.29, 0.717) is 28.5 Å². The zero-order valence-corrected chi connectivity index (χ0v) is 12.6. The van der Waals surface area contributed by atoms with Crippen LogP contribution in [-0.2, 0) is 0 Å². The van der Waals surface area contributed by atoms with E-state index in [1.54, 1.807) is 12.1 Å². The first-order chi connectivity index (χ1) is 9.43. The summed E-state index contributed by atoms with van der Waals surface area (Å²) < 4.78 is 45.6. The van der Waals surface area contributed by atoms with Crippen LogP contribution >= 0.6 is 27.5 Å². The first-order valence-electron chi connectivity index (χ1n) is 5.56. The van der Waals surface area contributed by atoms with Gasteiger partial charge in [0.15, 0.2) is 0 Å². The van der Waals surface area contributed by atoms with Crippen molar-refractivity contribution in [2.75, 3.05) is 7.11 Å². The monoisotopic (exact) mass is 364 g/mol. The molecule has 0 aliphatic heterocycles. The van der Waals surface area contributed by atoms with Gasteiger partial charge in [0.1, 0.15) is 23.2 Å². The van der Waals surface area contributed by atoms with Crippen LogP contribution in [0.25, 0.3) is 0 Å². The van der Waals surface area contributed by atoms with E-state index in [2.05, 4.69) is 15.9 Å². The molecule has 0 bridgehead atoms. The van der Waals surface area contributed by atoms with Crippen molar-refractivity contribution in [3.05, 3.63) is 63.9 Å². The van der Waals surface area contributed by atoms with E-state index in [1.807, 2.05) is 0 Å². The minimum atomic E-state index is -0.971. The molecule has 0 N–H and O–H groups in total. The Morgan fingerprint density at radius 1 is 1.10 bits per heavy atom. The predicted octanol–water partition coefficient (Wildman–Crippen LogP) is 5.25. The van der Waals surface area contributed by atoms with Gasteiger partial charge in [0.2, 0.25) is 0 Å². The molecule has 0 saturated heterocycles. The number of ether oxygens (including phenoxy) is 1. The molecule has 2 aromatic carbocycles. The van der Waals surface area contributed by atoms with Crippen molar-refractivity contribution in [3.63, 3.8) is 0 Å². The van der Waals surface area contributed by atoms with E-state index in [-0.39, 0.29) is 5.56 Å². The lowest BCUT2D eigenvalue weighted by Gasteiger charge is -2.16. The number of hydrogen-bond acceptors (Lipinski definition) is 1. The van der Waals surface area contributed by atoms with Crippen molar-refractivity contribution >= 4 is 27.5 Å². The van der Waals surface area contributed by atoms with Gasteiger partial charge in [0, 0.05) is 28.3 Å². The number of halogens is 5. The molecule has 0 saturated carbocycles. The summed E-state index contributed by atoms with van der Waals surface area (Å²) >= 11 is 9.05. The van der Waals surface area contributed by atoms with Crippen molar-refractivity contribution in [1.82, 2.24) is 0 Å². The maximum Gasteiger partial charge on any atom is 0.133 e. The third-order valence-corrected chi connectivity index (χ3v) is 3.95. The van der Waals surface area contributed by atoms with Crippen molar-refractivity contribution in [2.45, 2.75) is 4.83 Å². The predicted molar refractivity (Wildman–Crippen MR) is 75.1 cm³/mol. The van der Waals surface area contributed by atoms with Crippen LogP contribution in [0.3, 0.4) is 0 Å². The molecule has 20 heavy (non-hydrogen) atoms. The number of alkyl halides is 1. The first-order valence-corrected chi connectivity index (χ1v) is 6.85. The Bertz CT molecular complexity index is 625. The highest BCUT2D eigenvalue weighted by molar-refractivity contribution is 9.09. The van der Waals surface area contributed by atoms with Gasteiger partial charge in [-0.2, -0.15) is 0 Å². The van der Waals surface area contributed by atoms with Crippen LogP contribution < -0.4 is 4.74 Å². The van der Waals surface area contributed by atoms with Crippen molar-refractivity contribution in [3.8, 4) is 5.75 Å². The SMILES string of the molecule is COc1cc(Cl)ccc1C(Br)c1c(F)cc(F)cc1F. The molecule has 106 valence electrons. The van der Waals surface area contributed by atoms with Gasteiger partial charge in [-0.25, -0.2) is 13.2 Å². The fourth-order valence-electron chi connectivity index (χ4n) is 1.85. The minimum Gasteiger partial charge on any atom is -0.496 e.